The van der Waals surface area contributed by atoms with Crippen molar-refractivity contribution in [3.05, 3.63) is 53.6 Å². The molecule has 0 aliphatic heterocycles. The molecule has 3 N–H and O–H groups in total. The number of ether oxygens (including phenoxy) is 1. The fraction of sp³-hybridized carbons (Fsp3) is 0.176. The summed E-state index contributed by atoms with van der Waals surface area (Å²) in [6, 6.07) is 10.3. The Morgan fingerprint density at radius 3 is 2.43 bits per heavy atom. The molecule has 2 aromatic carbocycles. The molecule has 23 heavy (non-hydrogen) atoms. The van der Waals surface area contributed by atoms with E-state index in [0.29, 0.717) is 17.9 Å². The van der Waals surface area contributed by atoms with Gasteiger partial charge in [-0.25, -0.2) is 4.79 Å². The third-order valence-electron chi connectivity index (χ3n) is 3.07. The van der Waals surface area contributed by atoms with Crippen molar-refractivity contribution in [1.82, 2.24) is 0 Å². The zero-order chi connectivity index (χ0) is 16.8. The number of hydrogen-bond donors (Lipinski definition) is 3. The summed E-state index contributed by atoms with van der Waals surface area (Å²) in [5, 5.41) is 21.0. The van der Waals surface area contributed by atoms with Gasteiger partial charge in [0.25, 0.3) is 5.91 Å². The summed E-state index contributed by atoms with van der Waals surface area (Å²) < 4.78 is 5.43. The van der Waals surface area contributed by atoms with Gasteiger partial charge in [0.1, 0.15) is 11.5 Å². The second kappa shape index (κ2) is 7.31. The smallest absolute Gasteiger partial charge is 0.337 e. The number of phenolic OH excluding ortho intramolecular Hbond substituents is 1. The predicted molar refractivity (Wildman–Crippen MR) is 85.2 cm³/mol. The van der Waals surface area contributed by atoms with Gasteiger partial charge in [0.15, 0.2) is 0 Å². The van der Waals surface area contributed by atoms with Crippen LogP contribution in [0, 0.1) is 0 Å². The molecule has 0 fully saturated rings. The first-order chi connectivity index (χ1) is 11.0. The first kappa shape index (κ1) is 16.4. The lowest BCUT2D eigenvalue weighted by Gasteiger charge is -2.10. The van der Waals surface area contributed by atoms with E-state index in [4.69, 9.17) is 9.84 Å². The highest BCUT2D eigenvalue weighted by molar-refractivity contribution is 6.07. The van der Waals surface area contributed by atoms with Crippen molar-refractivity contribution in [2.75, 3.05) is 11.9 Å². The lowest BCUT2D eigenvalue weighted by Crippen LogP contribution is -2.14. The minimum atomic E-state index is -1.24. The number of hydrogen-bond acceptors (Lipinski definition) is 4. The second-order valence-electron chi connectivity index (χ2n) is 4.86. The van der Waals surface area contributed by atoms with Crippen molar-refractivity contribution >= 4 is 17.6 Å². The van der Waals surface area contributed by atoms with Gasteiger partial charge < -0.3 is 20.3 Å². The van der Waals surface area contributed by atoms with Gasteiger partial charge >= 0.3 is 5.97 Å². The molecule has 0 saturated heterocycles. The molecule has 0 saturated carbocycles. The Balaban J connectivity index is 2.14. The highest BCUT2D eigenvalue weighted by Crippen LogP contribution is 2.22. The molecule has 1 amide bonds. The number of anilines is 1. The summed E-state index contributed by atoms with van der Waals surface area (Å²) in [7, 11) is 0. The fourth-order valence-electron chi connectivity index (χ4n) is 1.94. The predicted octanol–water partition coefficient (Wildman–Crippen LogP) is 3.13. The minimum absolute atomic E-state index is 0.117. The molecular weight excluding hydrogens is 298 g/mol. The largest absolute Gasteiger partial charge is 0.508 e. The number of benzene rings is 2. The number of aromatic hydroxyl groups is 1. The number of carbonyl (C=O) groups is 2. The van der Waals surface area contributed by atoms with Crippen molar-refractivity contribution in [2.45, 2.75) is 13.3 Å². The quantitative estimate of drug-likeness (QED) is 0.712. The molecule has 0 heterocycles. The van der Waals surface area contributed by atoms with E-state index in [0.717, 1.165) is 12.5 Å². The van der Waals surface area contributed by atoms with Crippen molar-refractivity contribution in [1.29, 1.82) is 0 Å². The van der Waals surface area contributed by atoms with Crippen LogP contribution in [-0.2, 0) is 0 Å². The molecule has 0 unspecified atom stereocenters. The molecule has 6 nitrogen and oxygen atoms in total. The van der Waals surface area contributed by atoms with Crippen LogP contribution in [0.1, 0.15) is 34.1 Å². The number of nitrogens with one attached hydrogen (secondary N) is 1. The highest BCUT2D eigenvalue weighted by Gasteiger charge is 2.14. The first-order valence-electron chi connectivity index (χ1n) is 7.11. The summed E-state index contributed by atoms with van der Waals surface area (Å²) in [5.41, 5.74) is 0.311. The second-order valence-corrected chi connectivity index (χ2v) is 4.86. The van der Waals surface area contributed by atoms with E-state index in [1.54, 1.807) is 24.3 Å². The number of phenols is 1. The van der Waals surface area contributed by atoms with Gasteiger partial charge in [-0.05, 0) is 48.9 Å². The van der Waals surface area contributed by atoms with Crippen LogP contribution in [0.5, 0.6) is 11.5 Å². The maximum Gasteiger partial charge on any atom is 0.337 e. The normalized spacial score (nSPS) is 10.1. The summed E-state index contributed by atoms with van der Waals surface area (Å²) >= 11 is 0. The molecule has 0 aliphatic rings. The van der Waals surface area contributed by atoms with Crippen LogP contribution in [0.25, 0.3) is 0 Å². The van der Waals surface area contributed by atoms with E-state index in [1.807, 2.05) is 6.92 Å². The van der Waals surface area contributed by atoms with Gasteiger partial charge in [-0.3, -0.25) is 4.79 Å². The Morgan fingerprint density at radius 2 is 1.83 bits per heavy atom. The monoisotopic (exact) mass is 315 g/mol. The molecule has 0 radical (unpaired) electrons. The standard InChI is InChI=1S/C17H17NO5/c1-2-9-23-13-6-3-11(4-7-13)16(20)18-15-8-5-12(19)10-14(15)17(21)22/h3-8,10,19H,2,9H2,1H3,(H,18,20)(H,21,22). The van der Waals surface area contributed by atoms with E-state index in [-0.39, 0.29) is 17.0 Å². The molecule has 0 atom stereocenters. The van der Waals surface area contributed by atoms with E-state index in [9.17, 15) is 14.7 Å². The maximum atomic E-state index is 12.2. The Morgan fingerprint density at radius 1 is 1.13 bits per heavy atom. The zero-order valence-electron chi connectivity index (χ0n) is 12.6. The molecule has 0 spiro atoms. The van der Waals surface area contributed by atoms with E-state index < -0.39 is 11.9 Å². The van der Waals surface area contributed by atoms with Crippen molar-refractivity contribution in [3.8, 4) is 11.5 Å². The lowest BCUT2D eigenvalue weighted by molar-refractivity contribution is 0.0697. The van der Waals surface area contributed by atoms with Gasteiger partial charge in [-0.2, -0.15) is 0 Å². The van der Waals surface area contributed by atoms with Gasteiger partial charge in [0.2, 0.25) is 0 Å². The van der Waals surface area contributed by atoms with Crippen LogP contribution in [-0.4, -0.2) is 28.7 Å². The summed E-state index contributed by atoms with van der Waals surface area (Å²) in [4.78, 5) is 23.3. The Kier molecular flexibility index (Phi) is 5.19. The zero-order valence-corrected chi connectivity index (χ0v) is 12.6. The van der Waals surface area contributed by atoms with Crippen LogP contribution in [0.3, 0.4) is 0 Å². The Labute approximate surface area is 133 Å². The molecule has 120 valence electrons. The highest BCUT2D eigenvalue weighted by atomic mass is 16.5. The minimum Gasteiger partial charge on any atom is -0.508 e. The average molecular weight is 315 g/mol. The molecular formula is C17H17NO5. The third-order valence-corrected chi connectivity index (χ3v) is 3.07. The summed E-state index contributed by atoms with van der Waals surface area (Å²) in [6.45, 7) is 2.60. The van der Waals surface area contributed by atoms with Crippen molar-refractivity contribution in [3.63, 3.8) is 0 Å². The van der Waals surface area contributed by atoms with E-state index in [1.165, 1.54) is 12.1 Å². The van der Waals surface area contributed by atoms with Gasteiger partial charge in [0.05, 0.1) is 17.9 Å². The Hall–Kier alpha value is -3.02. The molecule has 2 aromatic rings. The van der Waals surface area contributed by atoms with Crippen LogP contribution >= 0.6 is 0 Å². The van der Waals surface area contributed by atoms with Crippen molar-refractivity contribution in [2.24, 2.45) is 0 Å². The van der Waals surface area contributed by atoms with Crippen molar-refractivity contribution < 1.29 is 24.5 Å². The number of carboxylic acid groups (broad SMARTS) is 1. The van der Waals surface area contributed by atoms with E-state index >= 15 is 0 Å². The molecule has 2 rings (SSSR count). The number of aromatic carboxylic acids is 1. The third kappa shape index (κ3) is 4.23. The topological polar surface area (TPSA) is 95.9 Å². The SMILES string of the molecule is CCCOc1ccc(C(=O)Nc2ccc(O)cc2C(=O)O)cc1. The van der Waals surface area contributed by atoms with Gasteiger partial charge in [-0.15, -0.1) is 0 Å². The van der Waals surface area contributed by atoms with Crippen LogP contribution in [0.15, 0.2) is 42.5 Å². The van der Waals surface area contributed by atoms with E-state index in [2.05, 4.69) is 5.32 Å². The average Bonchev–Trinajstić information content (AvgIpc) is 2.54. The van der Waals surface area contributed by atoms with Crippen LogP contribution in [0.4, 0.5) is 5.69 Å². The van der Waals surface area contributed by atoms with Gasteiger partial charge in [0, 0.05) is 5.56 Å². The Bertz CT molecular complexity index is 709. The van der Waals surface area contributed by atoms with Crippen LogP contribution < -0.4 is 10.1 Å². The number of carbonyl (C=O) groups excluding carboxylic acids is 1. The first-order valence-corrected chi connectivity index (χ1v) is 7.11. The lowest BCUT2D eigenvalue weighted by atomic mass is 10.1. The maximum absolute atomic E-state index is 12.2. The summed E-state index contributed by atoms with van der Waals surface area (Å²) in [6.07, 6.45) is 0.890. The molecule has 0 aliphatic carbocycles. The van der Waals surface area contributed by atoms with Gasteiger partial charge in [-0.1, -0.05) is 6.92 Å². The molecule has 6 heteroatoms. The number of amides is 1. The molecule has 0 bridgehead atoms. The number of carboxylic acids is 1. The summed E-state index contributed by atoms with van der Waals surface area (Å²) in [5.74, 6) is -1.20. The molecule has 0 aromatic heterocycles. The fourth-order valence-corrected chi connectivity index (χ4v) is 1.94. The van der Waals surface area contributed by atoms with Crippen LogP contribution in [0.2, 0.25) is 0 Å². The number of rotatable bonds is 6.